The van der Waals surface area contributed by atoms with E-state index in [0.29, 0.717) is 70.4 Å². The number of pyridine rings is 1. The van der Waals surface area contributed by atoms with Crippen molar-refractivity contribution in [1.82, 2.24) is 15.0 Å². The minimum Gasteiger partial charge on any atom is -0.466 e. The summed E-state index contributed by atoms with van der Waals surface area (Å²) >= 11 is 0. The normalized spacial score (nSPS) is 17.3. The highest BCUT2D eigenvalue weighted by molar-refractivity contribution is 5.74. The molecule has 0 amide bonds. The number of piperazine rings is 1. The van der Waals surface area contributed by atoms with E-state index in [9.17, 15) is 14.9 Å². The molecule has 4 heterocycles. The average Bonchev–Trinajstić information content (AvgIpc) is 2.84. The maximum Gasteiger partial charge on any atom is 0.353 e. The van der Waals surface area contributed by atoms with Crippen LogP contribution in [0.25, 0.3) is 0 Å². The van der Waals surface area contributed by atoms with Crippen molar-refractivity contribution in [2.24, 2.45) is 5.92 Å². The van der Waals surface area contributed by atoms with Crippen LogP contribution in [0.1, 0.15) is 19.8 Å². The first-order valence-electron chi connectivity index (χ1n) is 10.9. The van der Waals surface area contributed by atoms with Gasteiger partial charge in [0.25, 0.3) is 0 Å². The van der Waals surface area contributed by atoms with Crippen molar-refractivity contribution in [3.63, 3.8) is 0 Å². The number of piperidine rings is 1. The zero-order chi connectivity index (χ0) is 22.5. The van der Waals surface area contributed by atoms with E-state index < -0.39 is 4.92 Å². The molecule has 0 atom stereocenters. The molecule has 2 aromatic heterocycles. The molecule has 2 aliphatic rings. The SMILES string of the molecule is CCOC(=O)C1CCN(c2ncnc(N3CCN(c4ccccn4)CC3)c2[N+](=O)[O-])CC1. The second-order valence-corrected chi connectivity index (χ2v) is 7.80. The molecule has 0 bridgehead atoms. The van der Waals surface area contributed by atoms with Crippen LogP contribution in [-0.2, 0) is 9.53 Å². The van der Waals surface area contributed by atoms with Crippen LogP contribution < -0.4 is 14.7 Å². The highest BCUT2D eigenvalue weighted by Crippen LogP contribution is 2.36. The summed E-state index contributed by atoms with van der Waals surface area (Å²) in [4.78, 5) is 42.6. The number of aromatic nitrogens is 3. The summed E-state index contributed by atoms with van der Waals surface area (Å²) in [6.45, 7) is 5.74. The molecule has 32 heavy (non-hydrogen) atoms. The lowest BCUT2D eigenvalue weighted by Gasteiger charge is -2.36. The van der Waals surface area contributed by atoms with E-state index in [4.69, 9.17) is 4.74 Å². The first-order chi connectivity index (χ1) is 15.6. The third kappa shape index (κ3) is 4.56. The molecule has 2 fully saturated rings. The molecule has 11 nitrogen and oxygen atoms in total. The number of ether oxygens (including phenoxy) is 1. The lowest BCUT2D eigenvalue weighted by molar-refractivity contribution is -0.383. The van der Waals surface area contributed by atoms with Crippen LogP contribution in [0.15, 0.2) is 30.7 Å². The molecule has 170 valence electrons. The van der Waals surface area contributed by atoms with Crippen LogP contribution in [0, 0.1) is 16.0 Å². The number of carbonyl (C=O) groups is 1. The van der Waals surface area contributed by atoms with Gasteiger partial charge in [0.2, 0.25) is 11.6 Å². The van der Waals surface area contributed by atoms with Gasteiger partial charge in [-0.1, -0.05) is 6.07 Å². The summed E-state index contributed by atoms with van der Waals surface area (Å²) in [5, 5.41) is 12.0. The van der Waals surface area contributed by atoms with Crippen molar-refractivity contribution < 1.29 is 14.5 Å². The molecule has 0 radical (unpaired) electrons. The molecule has 0 spiro atoms. The lowest BCUT2D eigenvalue weighted by atomic mass is 9.97. The third-order valence-corrected chi connectivity index (χ3v) is 5.93. The smallest absolute Gasteiger partial charge is 0.353 e. The predicted molar refractivity (Wildman–Crippen MR) is 119 cm³/mol. The van der Waals surface area contributed by atoms with E-state index in [2.05, 4.69) is 19.9 Å². The monoisotopic (exact) mass is 441 g/mol. The van der Waals surface area contributed by atoms with Gasteiger partial charge in [-0.05, 0) is 31.9 Å². The summed E-state index contributed by atoms with van der Waals surface area (Å²) < 4.78 is 5.12. The Hall–Kier alpha value is -3.50. The number of hydrogen-bond acceptors (Lipinski definition) is 10. The molecule has 0 aromatic carbocycles. The Morgan fingerprint density at radius 3 is 2.22 bits per heavy atom. The topological polar surface area (TPSA) is 118 Å². The minimum absolute atomic E-state index is 0.0756. The molecular weight excluding hydrogens is 414 g/mol. The molecule has 11 heteroatoms. The summed E-state index contributed by atoms with van der Waals surface area (Å²) in [5.74, 6) is 1.18. The number of nitro groups is 1. The number of hydrogen-bond donors (Lipinski definition) is 0. The van der Waals surface area contributed by atoms with Crippen LogP contribution in [0.2, 0.25) is 0 Å². The van der Waals surface area contributed by atoms with Crippen molar-refractivity contribution in [2.75, 3.05) is 60.6 Å². The Morgan fingerprint density at radius 1 is 1.03 bits per heavy atom. The van der Waals surface area contributed by atoms with Crippen LogP contribution in [-0.4, -0.2) is 71.7 Å². The summed E-state index contributed by atoms with van der Waals surface area (Å²) in [6, 6.07) is 5.78. The number of anilines is 3. The summed E-state index contributed by atoms with van der Waals surface area (Å²) in [7, 11) is 0. The van der Waals surface area contributed by atoms with Crippen molar-refractivity contribution in [3.8, 4) is 0 Å². The second-order valence-electron chi connectivity index (χ2n) is 7.80. The van der Waals surface area contributed by atoms with Gasteiger partial charge in [0.15, 0.2) is 0 Å². The van der Waals surface area contributed by atoms with Crippen molar-refractivity contribution >= 4 is 29.1 Å². The van der Waals surface area contributed by atoms with E-state index in [-0.39, 0.29) is 17.6 Å². The molecule has 0 aliphatic carbocycles. The summed E-state index contributed by atoms with van der Waals surface area (Å²) in [6.07, 6.45) is 4.31. The quantitative estimate of drug-likeness (QED) is 0.373. The fourth-order valence-electron chi connectivity index (χ4n) is 4.26. The van der Waals surface area contributed by atoms with Crippen molar-refractivity contribution in [1.29, 1.82) is 0 Å². The first kappa shape index (κ1) is 21.7. The molecular formula is C21H27N7O4. The Kier molecular flexibility index (Phi) is 6.62. The van der Waals surface area contributed by atoms with Gasteiger partial charge >= 0.3 is 11.7 Å². The Balaban J connectivity index is 1.49. The second kappa shape index (κ2) is 9.75. The van der Waals surface area contributed by atoms with Gasteiger partial charge in [0.1, 0.15) is 12.1 Å². The lowest BCUT2D eigenvalue weighted by Crippen LogP contribution is -2.47. The molecule has 2 aromatic rings. The van der Waals surface area contributed by atoms with E-state index in [0.717, 1.165) is 5.82 Å². The number of rotatable bonds is 6. The van der Waals surface area contributed by atoms with E-state index in [1.807, 2.05) is 28.0 Å². The van der Waals surface area contributed by atoms with Crippen molar-refractivity contribution in [2.45, 2.75) is 19.8 Å². The molecule has 2 saturated heterocycles. The van der Waals surface area contributed by atoms with Gasteiger partial charge in [-0.25, -0.2) is 15.0 Å². The Labute approximate surface area is 186 Å². The Bertz CT molecular complexity index is 942. The molecule has 0 unspecified atom stereocenters. The third-order valence-electron chi connectivity index (χ3n) is 5.93. The molecule has 2 aliphatic heterocycles. The zero-order valence-electron chi connectivity index (χ0n) is 18.1. The Morgan fingerprint density at radius 2 is 1.66 bits per heavy atom. The van der Waals surface area contributed by atoms with Crippen LogP contribution in [0.5, 0.6) is 0 Å². The number of carbonyl (C=O) groups excluding carboxylic acids is 1. The van der Waals surface area contributed by atoms with E-state index >= 15 is 0 Å². The molecule has 4 rings (SSSR count). The minimum atomic E-state index is -0.396. The fourth-order valence-corrected chi connectivity index (χ4v) is 4.26. The van der Waals surface area contributed by atoms with Gasteiger partial charge in [0.05, 0.1) is 17.4 Å². The maximum atomic E-state index is 12.0. The largest absolute Gasteiger partial charge is 0.466 e. The van der Waals surface area contributed by atoms with E-state index in [1.54, 1.807) is 13.1 Å². The fraction of sp³-hybridized carbons (Fsp3) is 0.524. The van der Waals surface area contributed by atoms with Gasteiger partial charge < -0.3 is 19.4 Å². The highest BCUT2D eigenvalue weighted by Gasteiger charge is 2.34. The molecule has 0 N–H and O–H groups in total. The van der Waals surface area contributed by atoms with Crippen molar-refractivity contribution in [3.05, 3.63) is 40.8 Å². The standard InChI is InChI=1S/C21H27N7O4/c1-2-32-21(29)16-6-9-26(10-7-16)19-18(28(30)31)20(24-15-23-19)27-13-11-25(12-14-27)17-5-3-4-8-22-17/h3-5,8,15-16H,2,6-7,9-14H2,1H3. The van der Waals surface area contributed by atoms with Crippen LogP contribution >= 0.6 is 0 Å². The number of nitrogens with zero attached hydrogens (tertiary/aromatic N) is 7. The van der Waals surface area contributed by atoms with E-state index in [1.165, 1.54) is 6.33 Å². The van der Waals surface area contributed by atoms with Crippen LogP contribution in [0.3, 0.4) is 0 Å². The first-order valence-corrected chi connectivity index (χ1v) is 10.9. The van der Waals surface area contributed by atoms with Gasteiger partial charge in [-0.3, -0.25) is 14.9 Å². The van der Waals surface area contributed by atoms with Gasteiger partial charge in [-0.2, -0.15) is 0 Å². The summed E-state index contributed by atoms with van der Waals surface area (Å²) in [5.41, 5.74) is -0.0756. The highest BCUT2D eigenvalue weighted by atomic mass is 16.6. The predicted octanol–water partition coefficient (Wildman–Crippen LogP) is 1.89. The number of esters is 1. The zero-order valence-corrected chi connectivity index (χ0v) is 18.1. The molecule has 0 saturated carbocycles. The van der Waals surface area contributed by atoms with Gasteiger partial charge in [0, 0.05) is 45.5 Å². The van der Waals surface area contributed by atoms with Gasteiger partial charge in [-0.15, -0.1) is 0 Å². The van der Waals surface area contributed by atoms with Crippen LogP contribution in [0.4, 0.5) is 23.1 Å². The average molecular weight is 441 g/mol. The maximum absolute atomic E-state index is 12.0.